The quantitative estimate of drug-likeness (QED) is 0.395. The number of anilines is 1. The number of hydrogen-bond donors (Lipinski definition) is 1. The summed E-state index contributed by atoms with van der Waals surface area (Å²) in [6, 6.07) is 11.5. The van der Waals surface area contributed by atoms with Gasteiger partial charge in [0.1, 0.15) is 18.4 Å². The Kier molecular flexibility index (Phi) is 10.3. The maximum Gasteiger partial charge on any atom is 0.244 e. The highest BCUT2D eigenvalue weighted by atomic mass is 127. The molecule has 0 unspecified atom stereocenters. The van der Waals surface area contributed by atoms with E-state index in [1.54, 1.807) is 43.3 Å². The molecule has 0 fully saturated rings. The van der Waals surface area contributed by atoms with E-state index in [-0.39, 0.29) is 18.5 Å². The van der Waals surface area contributed by atoms with Crippen LogP contribution in [0.3, 0.4) is 0 Å². The van der Waals surface area contributed by atoms with Crippen LogP contribution in [0.5, 0.6) is 0 Å². The number of nitrogens with zero attached hydrogens (tertiary/aromatic N) is 2. The van der Waals surface area contributed by atoms with Gasteiger partial charge in [0.2, 0.25) is 21.8 Å². The Bertz CT molecular complexity index is 1080. The topological polar surface area (TPSA) is 86.8 Å². The standard InChI is InChI=1S/C24H31FIN3O4S/c1-5-17(3)27-24(31)22(6-2)28(15-18-7-9-19(25)10-8-18)23(30)16-29(34(4,32)33)21-13-11-20(26)12-14-21/h7-14,17,22H,5-6,15-16H2,1-4H3,(H,27,31)/t17-,22-/m1/s1. The molecule has 0 aliphatic heterocycles. The summed E-state index contributed by atoms with van der Waals surface area (Å²) in [5.74, 6) is -1.25. The lowest BCUT2D eigenvalue weighted by atomic mass is 10.1. The van der Waals surface area contributed by atoms with Crippen LogP contribution in [0.1, 0.15) is 39.2 Å². The molecule has 0 bridgehead atoms. The van der Waals surface area contributed by atoms with Crippen molar-refractivity contribution in [3.8, 4) is 0 Å². The minimum absolute atomic E-state index is 0.0375. The molecular formula is C24H31FIN3O4S. The lowest BCUT2D eigenvalue weighted by Gasteiger charge is -2.33. The predicted octanol–water partition coefficient (Wildman–Crippen LogP) is 3.92. The van der Waals surface area contributed by atoms with E-state index in [1.807, 2.05) is 13.8 Å². The molecular weight excluding hydrogens is 572 g/mol. The molecule has 7 nitrogen and oxygen atoms in total. The van der Waals surface area contributed by atoms with Crippen molar-refractivity contribution in [1.82, 2.24) is 10.2 Å². The molecule has 0 aliphatic rings. The van der Waals surface area contributed by atoms with E-state index in [0.717, 1.165) is 20.6 Å². The molecule has 0 aromatic heterocycles. The number of carbonyl (C=O) groups is 2. The van der Waals surface area contributed by atoms with E-state index >= 15 is 0 Å². The highest BCUT2D eigenvalue weighted by molar-refractivity contribution is 14.1. The van der Waals surface area contributed by atoms with Gasteiger partial charge in [0.05, 0.1) is 11.9 Å². The fraction of sp³-hybridized carbons (Fsp3) is 0.417. The number of carbonyl (C=O) groups excluding carboxylic acids is 2. The second-order valence-corrected chi connectivity index (χ2v) is 11.3. The van der Waals surface area contributed by atoms with Crippen molar-refractivity contribution in [3.05, 3.63) is 63.5 Å². The summed E-state index contributed by atoms with van der Waals surface area (Å²) < 4.78 is 40.5. The minimum Gasteiger partial charge on any atom is -0.352 e. The summed E-state index contributed by atoms with van der Waals surface area (Å²) in [5.41, 5.74) is 0.986. The molecule has 2 aromatic rings. The van der Waals surface area contributed by atoms with Crippen molar-refractivity contribution >= 4 is 50.1 Å². The molecule has 2 atom stereocenters. The Hall–Kier alpha value is -2.21. The molecule has 0 radical (unpaired) electrons. The van der Waals surface area contributed by atoms with Gasteiger partial charge in [-0.3, -0.25) is 13.9 Å². The zero-order valence-corrected chi connectivity index (χ0v) is 22.8. The van der Waals surface area contributed by atoms with Crippen LogP contribution >= 0.6 is 22.6 Å². The maximum atomic E-state index is 13.5. The summed E-state index contributed by atoms with van der Waals surface area (Å²) in [6.45, 7) is 5.18. The smallest absolute Gasteiger partial charge is 0.244 e. The monoisotopic (exact) mass is 603 g/mol. The molecule has 34 heavy (non-hydrogen) atoms. The molecule has 0 heterocycles. The van der Waals surface area contributed by atoms with Crippen molar-refractivity contribution in [3.63, 3.8) is 0 Å². The van der Waals surface area contributed by atoms with Crippen LogP contribution in [0.25, 0.3) is 0 Å². The van der Waals surface area contributed by atoms with Gasteiger partial charge in [-0.25, -0.2) is 12.8 Å². The largest absolute Gasteiger partial charge is 0.352 e. The van der Waals surface area contributed by atoms with Crippen molar-refractivity contribution in [2.24, 2.45) is 0 Å². The Balaban J connectivity index is 2.41. The molecule has 1 N–H and O–H groups in total. The Morgan fingerprint density at radius 3 is 2.12 bits per heavy atom. The summed E-state index contributed by atoms with van der Waals surface area (Å²) in [7, 11) is -3.78. The van der Waals surface area contributed by atoms with Gasteiger partial charge in [-0.15, -0.1) is 0 Å². The molecule has 0 aliphatic carbocycles. The lowest BCUT2D eigenvalue weighted by Crippen LogP contribution is -2.53. The molecule has 0 spiro atoms. The van der Waals surface area contributed by atoms with Crippen LogP contribution in [-0.2, 0) is 26.2 Å². The summed E-state index contributed by atoms with van der Waals surface area (Å²) in [5, 5.41) is 2.91. The number of benzene rings is 2. The van der Waals surface area contributed by atoms with E-state index in [1.165, 1.54) is 17.0 Å². The van der Waals surface area contributed by atoms with Gasteiger partial charge in [0, 0.05) is 16.2 Å². The second kappa shape index (κ2) is 12.5. The molecule has 10 heteroatoms. The van der Waals surface area contributed by atoms with Gasteiger partial charge in [-0.1, -0.05) is 26.0 Å². The van der Waals surface area contributed by atoms with E-state index in [0.29, 0.717) is 17.7 Å². The molecule has 186 valence electrons. The summed E-state index contributed by atoms with van der Waals surface area (Å²) in [4.78, 5) is 27.9. The second-order valence-electron chi connectivity index (χ2n) is 8.14. The van der Waals surface area contributed by atoms with Gasteiger partial charge in [-0.2, -0.15) is 0 Å². The van der Waals surface area contributed by atoms with E-state index in [2.05, 4.69) is 27.9 Å². The van der Waals surface area contributed by atoms with Crippen molar-refractivity contribution in [2.45, 2.75) is 52.2 Å². The Morgan fingerprint density at radius 2 is 1.62 bits per heavy atom. The molecule has 0 saturated heterocycles. The van der Waals surface area contributed by atoms with Gasteiger partial charge in [0.15, 0.2) is 0 Å². The van der Waals surface area contributed by atoms with Crippen molar-refractivity contribution in [2.75, 3.05) is 17.1 Å². The average Bonchev–Trinajstić information content (AvgIpc) is 2.78. The van der Waals surface area contributed by atoms with Crippen molar-refractivity contribution < 1.29 is 22.4 Å². The van der Waals surface area contributed by atoms with E-state index in [4.69, 9.17) is 0 Å². The minimum atomic E-state index is -3.78. The Labute approximate surface area is 214 Å². The molecule has 2 aromatic carbocycles. The van der Waals surface area contributed by atoms with E-state index < -0.39 is 34.3 Å². The van der Waals surface area contributed by atoms with Crippen LogP contribution < -0.4 is 9.62 Å². The highest BCUT2D eigenvalue weighted by Gasteiger charge is 2.32. The third kappa shape index (κ3) is 7.93. The average molecular weight is 603 g/mol. The van der Waals surface area contributed by atoms with Gasteiger partial charge in [-0.05, 0) is 84.3 Å². The number of hydrogen-bond acceptors (Lipinski definition) is 4. The fourth-order valence-corrected chi connectivity index (χ4v) is 4.58. The van der Waals surface area contributed by atoms with Gasteiger partial charge in [0.25, 0.3) is 0 Å². The predicted molar refractivity (Wildman–Crippen MR) is 140 cm³/mol. The van der Waals surface area contributed by atoms with Crippen LogP contribution in [0.15, 0.2) is 48.5 Å². The first-order chi connectivity index (χ1) is 16.0. The third-order valence-electron chi connectivity index (χ3n) is 5.45. The molecule has 2 rings (SSSR count). The first-order valence-electron chi connectivity index (χ1n) is 11.0. The number of halogens is 2. The number of nitrogens with one attached hydrogen (secondary N) is 1. The zero-order chi connectivity index (χ0) is 25.5. The van der Waals surface area contributed by atoms with Crippen LogP contribution in [0, 0.1) is 9.39 Å². The number of amides is 2. The van der Waals surface area contributed by atoms with Crippen LogP contribution in [-0.4, -0.2) is 50.0 Å². The lowest BCUT2D eigenvalue weighted by molar-refractivity contribution is -0.140. The highest BCUT2D eigenvalue weighted by Crippen LogP contribution is 2.21. The SMILES string of the molecule is CC[C@@H](C)NC(=O)[C@@H](CC)N(Cc1ccc(F)cc1)C(=O)CN(c1ccc(I)cc1)S(C)(=O)=O. The first kappa shape index (κ1) is 28.0. The van der Waals surface area contributed by atoms with Gasteiger partial charge < -0.3 is 10.2 Å². The van der Waals surface area contributed by atoms with E-state index in [9.17, 15) is 22.4 Å². The normalized spacial score (nSPS) is 13.1. The third-order valence-corrected chi connectivity index (χ3v) is 7.31. The first-order valence-corrected chi connectivity index (χ1v) is 14.0. The Morgan fingerprint density at radius 1 is 1.03 bits per heavy atom. The fourth-order valence-electron chi connectivity index (χ4n) is 3.37. The van der Waals surface area contributed by atoms with Crippen LogP contribution in [0.2, 0.25) is 0 Å². The van der Waals surface area contributed by atoms with Crippen LogP contribution in [0.4, 0.5) is 10.1 Å². The van der Waals surface area contributed by atoms with Crippen molar-refractivity contribution in [1.29, 1.82) is 0 Å². The summed E-state index contributed by atoms with van der Waals surface area (Å²) in [6.07, 6.45) is 2.09. The maximum absolute atomic E-state index is 13.5. The number of sulfonamides is 1. The molecule has 0 saturated carbocycles. The van der Waals surface area contributed by atoms with Gasteiger partial charge >= 0.3 is 0 Å². The zero-order valence-electron chi connectivity index (χ0n) is 19.8. The molecule has 2 amide bonds. The summed E-state index contributed by atoms with van der Waals surface area (Å²) >= 11 is 2.11. The number of rotatable bonds is 11.